The van der Waals surface area contributed by atoms with Crippen LogP contribution in [0.3, 0.4) is 0 Å². The van der Waals surface area contributed by atoms with Gasteiger partial charge in [-0.05, 0) is 12.8 Å². The first-order chi connectivity index (χ1) is 22.6. The zero-order valence-electron chi connectivity index (χ0n) is 32.1. The summed E-state index contributed by atoms with van der Waals surface area (Å²) in [5, 5.41) is 18.7. The molecule has 0 atom stereocenters. The number of ether oxygens (including phenoxy) is 2. The van der Waals surface area contributed by atoms with Crippen molar-refractivity contribution in [1.82, 2.24) is 4.90 Å². The highest BCUT2D eigenvalue weighted by Crippen LogP contribution is 2.14. The van der Waals surface area contributed by atoms with E-state index in [1.165, 1.54) is 154 Å². The fourth-order valence-corrected chi connectivity index (χ4v) is 6.49. The Bertz CT molecular complexity index is 532. The van der Waals surface area contributed by atoms with E-state index in [1.54, 1.807) is 0 Å². The third-order valence-corrected chi connectivity index (χ3v) is 9.84. The van der Waals surface area contributed by atoms with Gasteiger partial charge in [-0.2, -0.15) is 0 Å². The maximum Gasteiger partial charge on any atom is 0.102 e. The SMILES string of the molecule is CCCCCCCCCCCCCCOCC[N+](C)(CCCN(CCO)CCO)CCOCCCCCCCCCCCCCC.[Br-]. The van der Waals surface area contributed by atoms with Crippen molar-refractivity contribution in [1.29, 1.82) is 0 Å². The van der Waals surface area contributed by atoms with E-state index in [0.717, 1.165) is 63.5 Å². The summed E-state index contributed by atoms with van der Waals surface area (Å²) in [5.74, 6) is 0. The van der Waals surface area contributed by atoms with Gasteiger partial charge in [0, 0.05) is 39.3 Å². The summed E-state index contributed by atoms with van der Waals surface area (Å²) in [5.41, 5.74) is 0. The highest BCUT2D eigenvalue weighted by atomic mass is 79.9. The van der Waals surface area contributed by atoms with Crippen molar-refractivity contribution in [2.45, 2.75) is 174 Å². The van der Waals surface area contributed by atoms with E-state index in [0.29, 0.717) is 13.1 Å². The number of halogens is 1. The molecule has 0 aliphatic rings. The zero-order valence-corrected chi connectivity index (χ0v) is 33.7. The van der Waals surface area contributed by atoms with Gasteiger partial charge >= 0.3 is 0 Å². The highest BCUT2D eigenvalue weighted by molar-refractivity contribution is 4.57. The molecule has 0 unspecified atom stereocenters. The van der Waals surface area contributed by atoms with E-state index >= 15 is 0 Å². The average molecular weight is 738 g/mol. The van der Waals surface area contributed by atoms with Crippen LogP contribution in [-0.2, 0) is 9.47 Å². The molecule has 47 heavy (non-hydrogen) atoms. The molecule has 0 aromatic heterocycles. The molecule has 0 aromatic carbocycles. The minimum Gasteiger partial charge on any atom is -1.00 e. The number of quaternary nitrogens is 1. The van der Waals surface area contributed by atoms with Gasteiger partial charge in [0.05, 0.1) is 40.0 Å². The average Bonchev–Trinajstić information content (AvgIpc) is 3.05. The molecule has 0 aliphatic heterocycles. The topological polar surface area (TPSA) is 62.2 Å². The minimum absolute atomic E-state index is 0. The lowest BCUT2D eigenvalue weighted by Gasteiger charge is -2.35. The number of rotatable bonds is 40. The molecule has 6 nitrogen and oxygen atoms in total. The Balaban J connectivity index is 0. The summed E-state index contributed by atoms with van der Waals surface area (Å²) < 4.78 is 13.2. The maximum atomic E-state index is 9.37. The fourth-order valence-electron chi connectivity index (χ4n) is 6.49. The van der Waals surface area contributed by atoms with Crippen LogP contribution in [0, 0.1) is 0 Å². The van der Waals surface area contributed by atoms with E-state index in [-0.39, 0.29) is 30.2 Å². The number of unbranched alkanes of at least 4 members (excludes halogenated alkanes) is 22. The smallest absolute Gasteiger partial charge is 0.102 e. The van der Waals surface area contributed by atoms with Crippen LogP contribution in [0.1, 0.15) is 174 Å². The Kier molecular flexibility index (Phi) is 42.7. The molecule has 0 aliphatic carbocycles. The van der Waals surface area contributed by atoms with Crippen molar-refractivity contribution in [2.24, 2.45) is 0 Å². The van der Waals surface area contributed by atoms with Crippen LogP contribution in [0.25, 0.3) is 0 Å². The highest BCUT2D eigenvalue weighted by Gasteiger charge is 2.21. The van der Waals surface area contributed by atoms with Crippen molar-refractivity contribution in [2.75, 3.05) is 86.0 Å². The van der Waals surface area contributed by atoms with Crippen molar-refractivity contribution >= 4 is 0 Å². The van der Waals surface area contributed by atoms with Gasteiger partial charge in [0.1, 0.15) is 13.1 Å². The van der Waals surface area contributed by atoms with Crippen molar-refractivity contribution < 1.29 is 41.2 Å². The minimum atomic E-state index is 0. The summed E-state index contributed by atoms with van der Waals surface area (Å²) in [7, 11) is 2.35. The molecule has 2 N–H and O–H groups in total. The lowest BCUT2D eigenvalue weighted by Crippen LogP contribution is -3.00. The third-order valence-electron chi connectivity index (χ3n) is 9.84. The molecule has 0 fully saturated rings. The Labute approximate surface area is 305 Å². The number of hydrogen-bond donors (Lipinski definition) is 2. The first-order valence-electron chi connectivity index (χ1n) is 20.5. The normalized spacial score (nSPS) is 11.9. The van der Waals surface area contributed by atoms with Crippen LogP contribution in [-0.4, -0.2) is 106 Å². The standard InChI is InChI=1S/C40H85N2O4.BrH/c1-4-6-8-10-12-14-16-18-20-22-24-26-37-45-39-33-42(3,32-28-29-41(30-35-43)31-36-44)34-40-46-38-27-25-23-21-19-17-15-13-11-9-7-5-2;/h43-44H,4-40H2,1-3H3;1H/q+1;/p-1. The first-order valence-corrected chi connectivity index (χ1v) is 20.5. The van der Waals surface area contributed by atoms with Gasteiger partial charge in [0.25, 0.3) is 0 Å². The molecule has 0 heterocycles. The molecule has 0 saturated heterocycles. The number of hydrogen-bond acceptors (Lipinski definition) is 5. The lowest BCUT2D eigenvalue weighted by atomic mass is 10.1. The summed E-state index contributed by atoms with van der Waals surface area (Å²) in [6, 6.07) is 0. The quantitative estimate of drug-likeness (QED) is 0.0553. The van der Waals surface area contributed by atoms with Crippen molar-refractivity contribution in [3.63, 3.8) is 0 Å². The summed E-state index contributed by atoms with van der Waals surface area (Å²) in [4.78, 5) is 2.17. The van der Waals surface area contributed by atoms with Gasteiger partial charge in [-0.15, -0.1) is 0 Å². The predicted octanol–water partition coefficient (Wildman–Crippen LogP) is 6.55. The zero-order chi connectivity index (χ0) is 33.7. The van der Waals surface area contributed by atoms with Crippen molar-refractivity contribution in [3.8, 4) is 0 Å². The third kappa shape index (κ3) is 37.3. The monoisotopic (exact) mass is 737 g/mol. The van der Waals surface area contributed by atoms with Gasteiger partial charge < -0.3 is 41.2 Å². The molecule has 286 valence electrons. The number of aliphatic hydroxyl groups is 2. The Hall–Kier alpha value is 0.240. The van der Waals surface area contributed by atoms with E-state index < -0.39 is 0 Å². The van der Waals surface area contributed by atoms with Gasteiger partial charge in [0.2, 0.25) is 0 Å². The van der Waals surface area contributed by atoms with E-state index in [2.05, 4.69) is 25.8 Å². The van der Waals surface area contributed by atoms with Crippen LogP contribution in [0.4, 0.5) is 0 Å². The molecule has 0 amide bonds. The van der Waals surface area contributed by atoms with E-state index in [4.69, 9.17) is 9.47 Å². The molecule has 0 radical (unpaired) electrons. The Morgan fingerprint density at radius 1 is 0.404 bits per heavy atom. The second kappa shape index (κ2) is 40.7. The van der Waals surface area contributed by atoms with E-state index in [1.807, 2.05) is 0 Å². The summed E-state index contributed by atoms with van der Waals surface area (Å²) >= 11 is 0. The Morgan fingerprint density at radius 3 is 1.04 bits per heavy atom. The molecule has 0 saturated carbocycles. The molecule has 0 spiro atoms. The van der Waals surface area contributed by atoms with Gasteiger partial charge in [-0.25, -0.2) is 0 Å². The molecule has 0 bridgehead atoms. The predicted molar refractivity (Wildman–Crippen MR) is 200 cm³/mol. The second-order valence-electron chi connectivity index (χ2n) is 14.4. The summed E-state index contributed by atoms with van der Waals surface area (Å²) in [6.07, 6.45) is 34.0. The van der Waals surface area contributed by atoms with Crippen LogP contribution >= 0.6 is 0 Å². The maximum absolute atomic E-state index is 9.37. The first kappa shape index (κ1) is 49.4. The number of nitrogens with zero attached hydrogens (tertiary/aromatic N) is 2. The molecule has 0 aromatic rings. The fraction of sp³-hybridized carbons (Fsp3) is 1.00. The lowest BCUT2D eigenvalue weighted by molar-refractivity contribution is -0.910. The van der Waals surface area contributed by atoms with Crippen LogP contribution < -0.4 is 17.0 Å². The molecular formula is C40H85BrN2O4. The largest absolute Gasteiger partial charge is 1.00 e. The van der Waals surface area contributed by atoms with E-state index in [9.17, 15) is 10.2 Å². The summed E-state index contributed by atoms with van der Waals surface area (Å²) in [6.45, 7) is 13.5. The van der Waals surface area contributed by atoms with Gasteiger partial charge in [-0.3, -0.25) is 4.90 Å². The Morgan fingerprint density at radius 2 is 0.723 bits per heavy atom. The number of aliphatic hydroxyl groups excluding tert-OH is 2. The van der Waals surface area contributed by atoms with Crippen LogP contribution in [0.2, 0.25) is 0 Å². The van der Waals surface area contributed by atoms with Crippen LogP contribution in [0.15, 0.2) is 0 Å². The number of likely N-dealkylation sites (N-methyl/N-ethyl adjacent to an activating group) is 1. The van der Waals surface area contributed by atoms with Crippen molar-refractivity contribution in [3.05, 3.63) is 0 Å². The van der Waals surface area contributed by atoms with Crippen LogP contribution in [0.5, 0.6) is 0 Å². The molecule has 0 rings (SSSR count). The van der Waals surface area contributed by atoms with Gasteiger partial charge in [-0.1, -0.05) is 155 Å². The molecular weight excluding hydrogens is 652 g/mol. The second-order valence-corrected chi connectivity index (χ2v) is 14.4. The molecule has 7 heteroatoms. The van der Waals surface area contributed by atoms with Gasteiger partial charge in [0.15, 0.2) is 0 Å².